The van der Waals surface area contributed by atoms with Crippen molar-refractivity contribution in [2.75, 3.05) is 20.8 Å². The van der Waals surface area contributed by atoms with Gasteiger partial charge >= 0.3 is 5.97 Å². The minimum Gasteiger partial charge on any atom is -0.493 e. The third-order valence-electron chi connectivity index (χ3n) is 6.10. The van der Waals surface area contributed by atoms with Crippen LogP contribution in [-0.2, 0) is 9.53 Å². The summed E-state index contributed by atoms with van der Waals surface area (Å²) in [5.74, 6) is 0.521. The fourth-order valence-electron chi connectivity index (χ4n) is 4.41. The van der Waals surface area contributed by atoms with Gasteiger partial charge in [0.25, 0.3) is 11.2 Å². The largest absolute Gasteiger partial charge is 0.493 e. The van der Waals surface area contributed by atoms with Crippen LogP contribution in [0.5, 0.6) is 17.2 Å². The first-order valence-electron chi connectivity index (χ1n) is 12.5. The van der Waals surface area contributed by atoms with Crippen molar-refractivity contribution in [3.05, 3.63) is 88.6 Å². The fourth-order valence-corrected chi connectivity index (χ4v) is 5.44. The van der Waals surface area contributed by atoms with E-state index in [1.165, 1.54) is 37.0 Å². The number of hydrogen-bond donors (Lipinski definition) is 0. The molecule has 0 spiro atoms. The van der Waals surface area contributed by atoms with E-state index in [1.807, 2.05) is 13.8 Å². The van der Waals surface area contributed by atoms with Crippen LogP contribution >= 0.6 is 11.3 Å². The Morgan fingerprint density at radius 3 is 2.40 bits per heavy atom. The van der Waals surface area contributed by atoms with E-state index in [0.29, 0.717) is 21.8 Å². The highest BCUT2D eigenvalue weighted by atomic mass is 32.1. The summed E-state index contributed by atoms with van der Waals surface area (Å²) in [5, 5.41) is 11.8. The summed E-state index contributed by atoms with van der Waals surface area (Å²) in [5.41, 5.74) is 0.726. The van der Waals surface area contributed by atoms with Crippen molar-refractivity contribution in [3.8, 4) is 17.2 Å². The molecular formula is C28H29N3O8S. The van der Waals surface area contributed by atoms with Crippen LogP contribution in [0.15, 0.2) is 57.5 Å². The smallest absolute Gasteiger partial charge is 0.338 e. The van der Waals surface area contributed by atoms with E-state index in [2.05, 4.69) is 4.99 Å². The molecular weight excluding hydrogens is 538 g/mol. The van der Waals surface area contributed by atoms with Gasteiger partial charge in [0.2, 0.25) is 0 Å². The van der Waals surface area contributed by atoms with E-state index in [9.17, 15) is 19.7 Å². The number of nitro benzene ring substituents is 1. The number of aromatic nitrogens is 1. The summed E-state index contributed by atoms with van der Waals surface area (Å²) in [6.45, 7) is 7.37. The molecule has 4 rings (SSSR count). The number of ether oxygens (including phenoxy) is 4. The molecule has 2 heterocycles. The predicted octanol–water partition coefficient (Wildman–Crippen LogP) is 3.51. The normalized spacial score (nSPS) is 15.0. The maximum absolute atomic E-state index is 13.9. The van der Waals surface area contributed by atoms with E-state index in [4.69, 9.17) is 18.9 Å². The van der Waals surface area contributed by atoms with Crippen molar-refractivity contribution < 1.29 is 28.7 Å². The number of thiazole rings is 1. The molecule has 0 N–H and O–H groups in total. The molecule has 1 aliphatic heterocycles. The number of carbonyl (C=O) groups excluding carboxylic acids is 1. The zero-order valence-electron chi connectivity index (χ0n) is 22.9. The lowest BCUT2D eigenvalue weighted by atomic mass is 9.96. The first kappa shape index (κ1) is 28.6. The molecule has 0 bridgehead atoms. The number of nitro groups is 1. The van der Waals surface area contributed by atoms with Gasteiger partial charge < -0.3 is 18.9 Å². The van der Waals surface area contributed by atoms with Crippen molar-refractivity contribution in [2.45, 2.75) is 39.8 Å². The van der Waals surface area contributed by atoms with Gasteiger partial charge in [-0.05, 0) is 57.5 Å². The van der Waals surface area contributed by atoms with Gasteiger partial charge in [-0.3, -0.25) is 19.5 Å². The predicted molar refractivity (Wildman–Crippen MR) is 149 cm³/mol. The lowest BCUT2D eigenvalue weighted by Gasteiger charge is -2.25. The number of methoxy groups -OCH3 is 2. The second-order valence-electron chi connectivity index (χ2n) is 9.06. The first-order valence-corrected chi connectivity index (χ1v) is 13.3. The van der Waals surface area contributed by atoms with E-state index in [0.717, 1.165) is 11.3 Å². The van der Waals surface area contributed by atoms with Gasteiger partial charge in [-0.15, -0.1) is 0 Å². The maximum atomic E-state index is 13.9. The quantitative estimate of drug-likeness (QED) is 0.218. The highest BCUT2D eigenvalue weighted by molar-refractivity contribution is 7.07. The fraction of sp³-hybridized carbons (Fsp3) is 0.321. The van der Waals surface area contributed by atoms with Crippen LogP contribution in [0.1, 0.15) is 44.9 Å². The molecule has 0 aliphatic carbocycles. The molecule has 40 heavy (non-hydrogen) atoms. The minimum absolute atomic E-state index is 0.0265. The molecule has 0 radical (unpaired) electrons. The standard InChI is InChI=1S/C28H29N3O8S/c1-7-38-27(33)24-16(4)29-28-30(25(24)17-8-10-19(11-9-17)39-15(2)3)26(32)23(40-28)13-18-12-21(36-5)22(37-6)14-20(18)31(34)35/h8-15,25H,7H2,1-6H3/b23-13-/t25-/m1/s1. The van der Waals surface area contributed by atoms with Gasteiger partial charge in [-0.1, -0.05) is 23.5 Å². The van der Waals surface area contributed by atoms with Crippen LogP contribution in [-0.4, -0.2) is 42.4 Å². The molecule has 11 nitrogen and oxygen atoms in total. The molecule has 0 fully saturated rings. The molecule has 0 amide bonds. The number of hydrogen-bond acceptors (Lipinski definition) is 10. The Bertz CT molecular complexity index is 1670. The summed E-state index contributed by atoms with van der Waals surface area (Å²) in [7, 11) is 2.79. The van der Waals surface area contributed by atoms with E-state index < -0.39 is 22.5 Å². The Kier molecular flexibility index (Phi) is 8.38. The lowest BCUT2D eigenvalue weighted by Crippen LogP contribution is -2.39. The van der Waals surface area contributed by atoms with Gasteiger partial charge in [0.05, 0.1) is 65.3 Å². The zero-order chi connectivity index (χ0) is 29.1. The number of benzene rings is 2. The Balaban J connectivity index is 1.95. The molecule has 2 aromatic carbocycles. The van der Waals surface area contributed by atoms with E-state index in [-0.39, 0.29) is 45.6 Å². The second-order valence-corrected chi connectivity index (χ2v) is 10.1. The molecule has 210 valence electrons. The number of esters is 1. The van der Waals surface area contributed by atoms with Crippen molar-refractivity contribution >= 4 is 29.1 Å². The Morgan fingerprint density at radius 2 is 1.82 bits per heavy atom. The molecule has 1 aromatic heterocycles. The maximum Gasteiger partial charge on any atom is 0.338 e. The van der Waals surface area contributed by atoms with Crippen LogP contribution in [0, 0.1) is 10.1 Å². The SMILES string of the molecule is CCOC(=O)C1=C(C)N=c2s/c(=C\c3cc(OC)c(OC)cc3[N+](=O)[O-])c(=O)n2[C@@H]1c1ccc(OC(C)C)cc1. The van der Waals surface area contributed by atoms with Crippen LogP contribution in [0.25, 0.3) is 6.08 Å². The van der Waals surface area contributed by atoms with Gasteiger partial charge in [0.15, 0.2) is 16.3 Å². The topological polar surface area (TPSA) is 131 Å². The van der Waals surface area contributed by atoms with Crippen molar-refractivity contribution in [1.82, 2.24) is 4.57 Å². The van der Waals surface area contributed by atoms with Gasteiger partial charge in [-0.25, -0.2) is 9.79 Å². The summed E-state index contributed by atoms with van der Waals surface area (Å²) < 4.78 is 23.2. The molecule has 3 aromatic rings. The average molecular weight is 568 g/mol. The highest BCUT2D eigenvalue weighted by Crippen LogP contribution is 2.35. The molecule has 12 heteroatoms. The third-order valence-corrected chi connectivity index (χ3v) is 7.08. The Morgan fingerprint density at radius 1 is 1.18 bits per heavy atom. The molecule has 1 atom stereocenters. The van der Waals surface area contributed by atoms with Gasteiger partial charge in [0, 0.05) is 0 Å². The number of fused-ring (bicyclic) bond motifs is 1. The average Bonchev–Trinajstić information content (AvgIpc) is 3.21. The number of carbonyl (C=O) groups is 1. The number of allylic oxidation sites excluding steroid dienone is 1. The zero-order valence-corrected chi connectivity index (χ0v) is 23.7. The first-order chi connectivity index (χ1) is 19.1. The number of rotatable bonds is 9. The summed E-state index contributed by atoms with van der Waals surface area (Å²) >= 11 is 1.06. The monoisotopic (exact) mass is 567 g/mol. The van der Waals surface area contributed by atoms with Crippen LogP contribution in [0.4, 0.5) is 5.69 Å². The Hall–Kier alpha value is -4.45. The second kappa shape index (κ2) is 11.7. The molecule has 0 saturated carbocycles. The molecule has 0 unspecified atom stereocenters. The molecule has 0 saturated heterocycles. The summed E-state index contributed by atoms with van der Waals surface area (Å²) in [6.07, 6.45) is 1.39. The summed E-state index contributed by atoms with van der Waals surface area (Å²) in [6, 6.07) is 8.98. The van der Waals surface area contributed by atoms with Gasteiger partial charge in [-0.2, -0.15) is 0 Å². The Labute approximate surface area is 233 Å². The van der Waals surface area contributed by atoms with E-state index in [1.54, 1.807) is 38.1 Å². The van der Waals surface area contributed by atoms with Crippen molar-refractivity contribution in [3.63, 3.8) is 0 Å². The van der Waals surface area contributed by atoms with Crippen molar-refractivity contribution in [1.29, 1.82) is 0 Å². The van der Waals surface area contributed by atoms with Crippen LogP contribution in [0.2, 0.25) is 0 Å². The lowest BCUT2D eigenvalue weighted by molar-refractivity contribution is -0.385. The van der Waals surface area contributed by atoms with Gasteiger partial charge in [0.1, 0.15) is 5.75 Å². The summed E-state index contributed by atoms with van der Waals surface area (Å²) in [4.78, 5) is 43.1. The van der Waals surface area contributed by atoms with E-state index >= 15 is 0 Å². The third kappa shape index (κ3) is 5.48. The minimum atomic E-state index is -0.828. The van der Waals surface area contributed by atoms with Crippen molar-refractivity contribution in [2.24, 2.45) is 4.99 Å². The van der Waals surface area contributed by atoms with Crippen LogP contribution < -0.4 is 29.1 Å². The molecule has 1 aliphatic rings. The van der Waals surface area contributed by atoms with Crippen LogP contribution in [0.3, 0.4) is 0 Å². The number of nitrogens with zero attached hydrogens (tertiary/aromatic N) is 3. The highest BCUT2D eigenvalue weighted by Gasteiger charge is 2.33.